The van der Waals surface area contributed by atoms with Gasteiger partial charge in [-0.1, -0.05) is 0 Å². The van der Waals surface area contributed by atoms with Crippen molar-refractivity contribution in [3.8, 4) is 5.75 Å². The van der Waals surface area contributed by atoms with Crippen LogP contribution in [0.1, 0.15) is 5.56 Å². The summed E-state index contributed by atoms with van der Waals surface area (Å²) in [7, 11) is 0. The van der Waals surface area contributed by atoms with Crippen molar-refractivity contribution in [1.29, 1.82) is 0 Å². The molecule has 1 fully saturated rings. The van der Waals surface area contributed by atoms with Crippen molar-refractivity contribution < 1.29 is 18.3 Å². The molecule has 7 heteroatoms. The number of fused-ring (bicyclic) bond motifs is 1. The monoisotopic (exact) mass is 345 g/mol. The van der Waals surface area contributed by atoms with Gasteiger partial charge in [0.15, 0.2) is 6.61 Å². The minimum Gasteiger partial charge on any atom is -0.482 e. The lowest BCUT2D eigenvalue weighted by atomic mass is 10.1. The average Bonchev–Trinajstić information content (AvgIpc) is 2.54. The summed E-state index contributed by atoms with van der Waals surface area (Å²) in [4.78, 5) is 13.0. The Labute approximate surface area is 143 Å². The molecule has 2 aromatic rings. The molecule has 0 spiro atoms. The fourth-order valence-corrected chi connectivity index (χ4v) is 2.99. The van der Waals surface area contributed by atoms with E-state index in [1.807, 2.05) is 37.3 Å². The van der Waals surface area contributed by atoms with E-state index >= 15 is 0 Å². The van der Waals surface area contributed by atoms with Crippen LogP contribution in [0.3, 0.4) is 0 Å². The molecule has 2 aliphatic rings. The first-order valence-electron chi connectivity index (χ1n) is 7.97. The van der Waals surface area contributed by atoms with Crippen LogP contribution in [0.5, 0.6) is 5.75 Å². The quantitative estimate of drug-likeness (QED) is 0.894. The second-order valence-corrected chi connectivity index (χ2v) is 6.38. The number of nitrogens with one attached hydrogen (secondary N) is 2. The van der Waals surface area contributed by atoms with Gasteiger partial charge in [0, 0.05) is 23.1 Å². The minimum atomic E-state index is -2.58. The van der Waals surface area contributed by atoms with E-state index in [2.05, 4.69) is 10.6 Å². The molecule has 2 aromatic carbocycles. The Bertz CT molecular complexity index is 846. The Balaban J connectivity index is 1.50. The van der Waals surface area contributed by atoms with Gasteiger partial charge in [-0.05, 0) is 42.8 Å². The summed E-state index contributed by atoms with van der Waals surface area (Å²) in [5, 5.41) is 6.04. The fraction of sp³-hybridized carbons (Fsp3) is 0.278. The number of amides is 1. The van der Waals surface area contributed by atoms with E-state index in [0.29, 0.717) is 11.4 Å². The van der Waals surface area contributed by atoms with Crippen LogP contribution in [-0.4, -0.2) is 31.5 Å². The Kier molecular flexibility index (Phi) is 3.52. The maximum Gasteiger partial charge on any atom is 0.282 e. The zero-order chi connectivity index (χ0) is 17.6. The van der Waals surface area contributed by atoms with E-state index in [1.165, 1.54) is 0 Å². The van der Waals surface area contributed by atoms with Gasteiger partial charge in [-0.2, -0.15) is 0 Å². The fourth-order valence-electron chi connectivity index (χ4n) is 2.99. The minimum absolute atomic E-state index is 0.00461. The van der Waals surface area contributed by atoms with Crippen LogP contribution in [0.2, 0.25) is 0 Å². The number of hydrogen-bond donors (Lipinski definition) is 2. The van der Waals surface area contributed by atoms with Gasteiger partial charge in [-0.25, -0.2) is 8.78 Å². The molecule has 25 heavy (non-hydrogen) atoms. The molecule has 2 aliphatic heterocycles. The molecule has 2 N–H and O–H groups in total. The number of carbonyl (C=O) groups excluding carboxylic acids is 1. The number of benzene rings is 2. The van der Waals surface area contributed by atoms with Crippen LogP contribution in [0.25, 0.3) is 0 Å². The van der Waals surface area contributed by atoms with E-state index in [9.17, 15) is 13.6 Å². The van der Waals surface area contributed by atoms with Crippen LogP contribution in [0.4, 0.5) is 31.5 Å². The molecule has 0 aromatic heterocycles. The van der Waals surface area contributed by atoms with Gasteiger partial charge in [-0.3, -0.25) is 4.79 Å². The number of halogens is 2. The van der Waals surface area contributed by atoms with Gasteiger partial charge >= 0.3 is 0 Å². The Hall–Kier alpha value is -2.83. The highest BCUT2D eigenvalue weighted by atomic mass is 19.3. The number of hydrogen-bond acceptors (Lipinski definition) is 4. The first-order chi connectivity index (χ1) is 11.9. The van der Waals surface area contributed by atoms with Crippen molar-refractivity contribution in [1.82, 2.24) is 0 Å². The Morgan fingerprint density at radius 2 is 2.00 bits per heavy atom. The summed E-state index contributed by atoms with van der Waals surface area (Å²) in [6.07, 6.45) is 0. The molecule has 0 saturated carbocycles. The van der Waals surface area contributed by atoms with E-state index < -0.39 is 5.92 Å². The molecule has 4 rings (SSSR count). The first kappa shape index (κ1) is 15.7. The number of nitrogens with zero attached hydrogens (tertiary/aromatic N) is 1. The van der Waals surface area contributed by atoms with Crippen molar-refractivity contribution in [2.24, 2.45) is 0 Å². The Morgan fingerprint density at radius 3 is 2.72 bits per heavy atom. The van der Waals surface area contributed by atoms with Gasteiger partial charge in [0.25, 0.3) is 11.8 Å². The second kappa shape index (κ2) is 5.61. The van der Waals surface area contributed by atoms with Crippen LogP contribution in [-0.2, 0) is 4.79 Å². The van der Waals surface area contributed by atoms with Crippen LogP contribution in [0.15, 0.2) is 36.4 Å². The highest BCUT2D eigenvalue weighted by Crippen LogP contribution is 2.35. The third-order valence-electron chi connectivity index (χ3n) is 4.31. The molecule has 1 amide bonds. The van der Waals surface area contributed by atoms with Gasteiger partial charge in [0.1, 0.15) is 5.75 Å². The lowest BCUT2D eigenvalue weighted by Gasteiger charge is -2.40. The van der Waals surface area contributed by atoms with E-state index in [0.717, 1.165) is 22.6 Å². The van der Waals surface area contributed by atoms with E-state index in [1.54, 1.807) is 11.0 Å². The SMILES string of the molecule is Cc1cc(N2CC(F)(F)C2)ccc1Nc1ccc2c(c1)OCC(=O)N2. The summed E-state index contributed by atoms with van der Waals surface area (Å²) in [5.74, 6) is -2.14. The number of anilines is 4. The highest BCUT2D eigenvalue weighted by molar-refractivity contribution is 5.95. The first-order valence-corrected chi connectivity index (χ1v) is 7.97. The normalized spacial score (nSPS) is 17.9. The molecule has 0 radical (unpaired) electrons. The highest BCUT2D eigenvalue weighted by Gasteiger charge is 2.43. The average molecular weight is 345 g/mol. The smallest absolute Gasteiger partial charge is 0.282 e. The zero-order valence-electron chi connectivity index (χ0n) is 13.6. The number of carbonyl (C=O) groups is 1. The second-order valence-electron chi connectivity index (χ2n) is 6.38. The lowest BCUT2D eigenvalue weighted by molar-refractivity contribution is -0.118. The topological polar surface area (TPSA) is 53.6 Å². The van der Waals surface area contributed by atoms with Gasteiger partial charge in [0.2, 0.25) is 0 Å². The summed E-state index contributed by atoms with van der Waals surface area (Å²) in [5.41, 5.74) is 4.11. The van der Waals surface area contributed by atoms with Gasteiger partial charge < -0.3 is 20.3 Å². The van der Waals surface area contributed by atoms with Gasteiger partial charge in [0.05, 0.1) is 18.8 Å². The van der Waals surface area contributed by atoms with Crippen LogP contribution in [0, 0.1) is 6.92 Å². The molecule has 0 unspecified atom stereocenters. The predicted molar refractivity (Wildman–Crippen MR) is 92.2 cm³/mol. The molecule has 2 heterocycles. The number of rotatable bonds is 3. The van der Waals surface area contributed by atoms with Crippen molar-refractivity contribution in [3.05, 3.63) is 42.0 Å². The van der Waals surface area contributed by atoms with Crippen molar-refractivity contribution in [2.75, 3.05) is 35.2 Å². The predicted octanol–water partition coefficient (Wildman–Crippen LogP) is 3.52. The number of alkyl halides is 2. The van der Waals surface area contributed by atoms with E-state index in [4.69, 9.17) is 4.74 Å². The maximum atomic E-state index is 13.0. The molecule has 130 valence electrons. The summed E-state index contributed by atoms with van der Waals surface area (Å²) < 4.78 is 31.4. The number of aryl methyl sites for hydroxylation is 1. The summed E-state index contributed by atoms with van der Waals surface area (Å²) >= 11 is 0. The van der Waals surface area contributed by atoms with E-state index in [-0.39, 0.29) is 25.6 Å². The molecule has 0 bridgehead atoms. The van der Waals surface area contributed by atoms with Crippen molar-refractivity contribution in [2.45, 2.75) is 12.8 Å². The Morgan fingerprint density at radius 1 is 1.20 bits per heavy atom. The van der Waals surface area contributed by atoms with Crippen LogP contribution >= 0.6 is 0 Å². The number of ether oxygens (including phenoxy) is 1. The molecular weight excluding hydrogens is 328 g/mol. The summed E-state index contributed by atoms with van der Waals surface area (Å²) in [6.45, 7) is 1.48. The largest absolute Gasteiger partial charge is 0.482 e. The van der Waals surface area contributed by atoms with Gasteiger partial charge in [-0.15, -0.1) is 0 Å². The molecule has 0 aliphatic carbocycles. The molecule has 0 atom stereocenters. The summed E-state index contributed by atoms with van der Waals surface area (Å²) in [6, 6.07) is 11.0. The zero-order valence-corrected chi connectivity index (χ0v) is 13.6. The third kappa shape index (κ3) is 3.09. The van der Waals surface area contributed by atoms with Crippen molar-refractivity contribution >= 4 is 28.7 Å². The molecule has 1 saturated heterocycles. The molecular formula is C18H17F2N3O2. The van der Waals surface area contributed by atoms with Crippen LogP contribution < -0.4 is 20.3 Å². The van der Waals surface area contributed by atoms with Crippen molar-refractivity contribution in [3.63, 3.8) is 0 Å². The standard InChI is InChI=1S/C18H17F2N3O2/c1-11-6-13(23-9-18(19,20)10-23)3-5-14(11)21-12-2-4-15-16(7-12)25-8-17(24)22-15/h2-7,21H,8-10H2,1H3,(H,22,24). The maximum absolute atomic E-state index is 13.0. The lowest BCUT2D eigenvalue weighted by Crippen LogP contribution is -2.56. The molecule has 5 nitrogen and oxygen atoms in total. The third-order valence-corrected chi connectivity index (χ3v) is 4.31.